The molecule has 19 heavy (non-hydrogen) atoms. The quantitative estimate of drug-likeness (QED) is 0.797. The largest absolute Gasteiger partial charge is 0.497 e. The fourth-order valence-corrected chi connectivity index (χ4v) is 3.42. The Morgan fingerprint density at radius 3 is 2.68 bits per heavy atom. The molecule has 108 valence electrons. The van der Waals surface area contributed by atoms with Gasteiger partial charge in [0.05, 0.1) is 17.9 Å². The van der Waals surface area contributed by atoms with Crippen LogP contribution in [0.4, 0.5) is 0 Å². The fraction of sp³-hybridized carbons (Fsp3) is 0.600. The van der Waals surface area contributed by atoms with E-state index in [0.717, 1.165) is 23.6 Å². The second kappa shape index (κ2) is 8.33. The molecule has 0 aliphatic rings. The van der Waals surface area contributed by atoms with Crippen LogP contribution in [-0.2, 0) is 10.8 Å². The minimum Gasteiger partial charge on any atom is -0.497 e. The lowest BCUT2D eigenvalue weighted by Crippen LogP contribution is -2.39. The Kier molecular flexibility index (Phi) is 7.10. The first-order chi connectivity index (χ1) is 9.12. The summed E-state index contributed by atoms with van der Waals surface area (Å²) in [7, 11) is 0.636. The Hall–Kier alpha value is -0.870. The van der Waals surface area contributed by atoms with E-state index in [1.54, 1.807) is 7.11 Å². The summed E-state index contributed by atoms with van der Waals surface area (Å²) in [6.45, 7) is 7.37. The summed E-state index contributed by atoms with van der Waals surface area (Å²) in [6.07, 6.45) is 1.09. The van der Waals surface area contributed by atoms with Crippen molar-refractivity contribution in [2.24, 2.45) is 5.92 Å². The monoisotopic (exact) mass is 283 g/mol. The summed E-state index contributed by atoms with van der Waals surface area (Å²) in [6, 6.07) is 7.81. The average Bonchev–Trinajstić information content (AvgIpc) is 2.45. The van der Waals surface area contributed by atoms with Crippen molar-refractivity contribution in [3.8, 4) is 5.75 Å². The van der Waals surface area contributed by atoms with Crippen LogP contribution in [0, 0.1) is 5.92 Å². The smallest absolute Gasteiger partial charge is 0.120 e. The third-order valence-corrected chi connectivity index (χ3v) is 4.87. The molecule has 0 bridgehead atoms. The van der Waals surface area contributed by atoms with Gasteiger partial charge in [0.25, 0.3) is 0 Å². The summed E-state index contributed by atoms with van der Waals surface area (Å²) in [5, 5.41) is 3.44. The zero-order valence-corrected chi connectivity index (χ0v) is 13.1. The maximum absolute atomic E-state index is 12.4. The van der Waals surface area contributed by atoms with Gasteiger partial charge in [-0.3, -0.25) is 4.21 Å². The Morgan fingerprint density at radius 2 is 2.11 bits per heavy atom. The number of nitrogens with one attached hydrogen (secondary N) is 1. The second-order valence-electron chi connectivity index (χ2n) is 4.74. The number of ether oxygens (including phenoxy) is 1. The van der Waals surface area contributed by atoms with E-state index in [1.807, 2.05) is 24.3 Å². The van der Waals surface area contributed by atoms with Crippen molar-refractivity contribution >= 4 is 10.8 Å². The van der Waals surface area contributed by atoms with Gasteiger partial charge in [-0.25, -0.2) is 0 Å². The first-order valence-electron chi connectivity index (χ1n) is 6.88. The molecule has 0 saturated heterocycles. The highest BCUT2D eigenvalue weighted by Gasteiger charge is 2.18. The van der Waals surface area contributed by atoms with Crippen molar-refractivity contribution in [3.63, 3.8) is 0 Å². The maximum Gasteiger partial charge on any atom is 0.120 e. The first-order valence-corrected chi connectivity index (χ1v) is 8.20. The topological polar surface area (TPSA) is 38.3 Å². The molecule has 1 N–H and O–H groups in total. The molecule has 1 aromatic carbocycles. The molecule has 0 fully saturated rings. The van der Waals surface area contributed by atoms with E-state index in [0.29, 0.717) is 17.7 Å². The van der Waals surface area contributed by atoms with Crippen LogP contribution in [0.5, 0.6) is 5.75 Å². The lowest BCUT2D eigenvalue weighted by Gasteiger charge is -2.23. The lowest BCUT2D eigenvalue weighted by atomic mass is 10.0. The van der Waals surface area contributed by atoms with Crippen molar-refractivity contribution in [2.75, 3.05) is 19.4 Å². The van der Waals surface area contributed by atoms with Crippen molar-refractivity contribution in [2.45, 2.75) is 38.1 Å². The van der Waals surface area contributed by atoms with E-state index < -0.39 is 10.8 Å². The van der Waals surface area contributed by atoms with Gasteiger partial charge in [-0.1, -0.05) is 33.3 Å². The molecule has 0 spiro atoms. The van der Waals surface area contributed by atoms with Gasteiger partial charge in [0, 0.05) is 16.7 Å². The zero-order valence-electron chi connectivity index (χ0n) is 12.3. The molecule has 0 saturated carbocycles. The van der Waals surface area contributed by atoms with E-state index in [2.05, 4.69) is 26.1 Å². The van der Waals surface area contributed by atoms with Gasteiger partial charge in [-0.2, -0.15) is 0 Å². The Bertz CT molecular complexity index is 409. The van der Waals surface area contributed by atoms with Crippen LogP contribution in [0.25, 0.3) is 0 Å². The number of benzene rings is 1. The van der Waals surface area contributed by atoms with Crippen LogP contribution in [0.15, 0.2) is 29.2 Å². The lowest BCUT2D eigenvalue weighted by molar-refractivity contribution is 0.401. The highest BCUT2D eigenvalue weighted by atomic mass is 32.2. The van der Waals surface area contributed by atoms with Crippen LogP contribution < -0.4 is 10.1 Å². The number of hydrogen-bond donors (Lipinski definition) is 1. The van der Waals surface area contributed by atoms with E-state index in [4.69, 9.17) is 4.74 Å². The standard InChI is InChI=1S/C15H25NO2S/c1-5-12(3)15(16-6-2)11-19(17)14-9-7-8-13(10-14)18-4/h7-10,12,15-16H,5-6,11H2,1-4H3. The van der Waals surface area contributed by atoms with E-state index >= 15 is 0 Å². The molecule has 3 unspecified atom stereocenters. The minimum atomic E-state index is -0.992. The first kappa shape index (κ1) is 16.2. The molecule has 0 aliphatic carbocycles. The molecule has 0 heterocycles. The molecule has 3 nitrogen and oxygen atoms in total. The highest BCUT2D eigenvalue weighted by molar-refractivity contribution is 7.85. The molecule has 0 aromatic heterocycles. The van der Waals surface area contributed by atoms with Crippen LogP contribution in [-0.4, -0.2) is 29.7 Å². The number of hydrogen-bond acceptors (Lipinski definition) is 3. The van der Waals surface area contributed by atoms with Gasteiger partial charge in [-0.05, 0) is 30.7 Å². The van der Waals surface area contributed by atoms with Gasteiger partial charge < -0.3 is 10.1 Å². The number of rotatable bonds is 8. The number of methoxy groups -OCH3 is 1. The molecule has 0 aliphatic heterocycles. The Balaban J connectivity index is 2.75. The van der Waals surface area contributed by atoms with Crippen molar-refractivity contribution < 1.29 is 8.95 Å². The van der Waals surface area contributed by atoms with Crippen molar-refractivity contribution in [1.29, 1.82) is 0 Å². The Labute approximate surface area is 119 Å². The molecule has 4 heteroatoms. The molecule has 0 radical (unpaired) electrons. The third kappa shape index (κ3) is 4.96. The molecular weight excluding hydrogens is 258 g/mol. The predicted octanol–water partition coefficient (Wildman–Crippen LogP) is 2.83. The molecule has 1 aromatic rings. The normalized spacial score (nSPS) is 15.8. The predicted molar refractivity (Wildman–Crippen MR) is 81.2 cm³/mol. The van der Waals surface area contributed by atoms with Crippen LogP contribution in [0.3, 0.4) is 0 Å². The van der Waals surface area contributed by atoms with E-state index in [-0.39, 0.29) is 0 Å². The van der Waals surface area contributed by atoms with Gasteiger partial charge in [-0.15, -0.1) is 0 Å². The van der Waals surface area contributed by atoms with Crippen LogP contribution in [0.1, 0.15) is 27.2 Å². The average molecular weight is 283 g/mol. The fourth-order valence-electron chi connectivity index (χ4n) is 1.97. The molecule has 1 rings (SSSR count). The summed E-state index contributed by atoms with van der Waals surface area (Å²) in [5.74, 6) is 1.93. The van der Waals surface area contributed by atoms with Gasteiger partial charge >= 0.3 is 0 Å². The molecule has 0 amide bonds. The van der Waals surface area contributed by atoms with Gasteiger partial charge in [0.1, 0.15) is 5.75 Å². The maximum atomic E-state index is 12.4. The SMILES string of the molecule is CCNC(CS(=O)c1cccc(OC)c1)C(C)CC. The summed E-state index contributed by atoms with van der Waals surface area (Å²) < 4.78 is 17.6. The third-order valence-electron chi connectivity index (χ3n) is 3.43. The second-order valence-corrected chi connectivity index (χ2v) is 6.24. The van der Waals surface area contributed by atoms with Gasteiger partial charge in [0.15, 0.2) is 0 Å². The summed E-state index contributed by atoms with van der Waals surface area (Å²) in [5.41, 5.74) is 0. The van der Waals surface area contributed by atoms with Crippen LogP contribution >= 0.6 is 0 Å². The van der Waals surface area contributed by atoms with Gasteiger partial charge in [0.2, 0.25) is 0 Å². The van der Waals surface area contributed by atoms with E-state index in [9.17, 15) is 4.21 Å². The van der Waals surface area contributed by atoms with Crippen molar-refractivity contribution in [3.05, 3.63) is 24.3 Å². The van der Waals surface area contributed by atoms with Crippen LogP contribution in [0.2, 0.25) is 0 Å². The summed E-state index contributed by atoms with van der Waals surface area (Å²) in [4.78, 5) is 0.838. The van der Waals surface area contributed by atoms with Crippen molar-refractivity contribution in [1.82, 2.24) is 5.32 Å². The molecular formula is C15H25NO2S. The summed E-state index contributed by atoms with van der Waals surface area (Å²) >= 11 is 0. The Morgan fingerprint density at radius 1 is 1.37 bits per heavy atom. The zero-order chi connectivity index (χ0) is 14.3. The molecule has 3 atom stereocenters. The highest BCUT2D eigenvalue weighted by Crippen LogP contribution is 2.18. The minimum absolute atomic E-state index is 0.294. The van der Waals surface area contributed by atoms with E-state index in [1.165, 1.54) is 0 Å².